The topological polar surface area (TPSA) is 27.7 Å². The SMILES string of the molecule is CCOc1cc(Cl)c(C(Cl)CC2CCCO2)cc1OCC. The van der Waals surface area contributed by atoms with E-state index in [1.54, 1.807) is 6.07 Å². The molecule has 1 aromatic rings. The van der Waals surface area contributed by atoms with Gasteiger partial charge in [0, 0.05) is 17.7 Å². The number of rotatable bonds is 7. The molecule has 0 aliphatic carbocycles. The Balaban J connectivity index is 2.18. The normalized spacial score (nSPS) is 19.5. The van der Waals surface area contributed by atoms with E-state index in [1.165, 1.54) is 0 Å². The molecule has 1 heterocycles. The second-order valence-corrected chi connectivity index (χ2v) is 5.96. The van der Waals surface area contributed by atoms with Gasteiger partial charge in [-0.25, -0.2) is 0 Å². The maximum Gasteiger partial charge on any atom is 0.162 e. The Labute approximate surface area is 136 Å². The van der Waals surface area contributed by atoms with Crippen LogP contribution in [0.5, 0.6) is 11.5 Å². The van der Waals surface area contributed by atoms with Crippen molar-refractivity contribution in [3.8, 4) is 11.5 Å². The molecule has 1 saturated heterocycles. The second kappa shape index (κ2) is 8.11. The van der Waals surface area contributed by atoms with Gasteiger partial charge in [-0.05, 0) is 44.7 Å². The predicted octanol–water partition coefficient (Wildman–Crippen LogP) is 4.99. The summed E-state index contributed by atoms with van der Waals surface area (Å²) in [6.45, 7) is 5.83. The second-order valence-electron chi connectivity index (χ2n) is 5.02. The lowest BCUT2D eigenvalue weighted by molar-refractivity contribution is 0.103. The van der Waals surface area contributed by atoms with Crippen molar-refractivity contribution in [2.75, 3.05) is 19.8 Å². The van der Waals surface area contributed by atoms with Gasteiger partial charge in [0.05, 0.1) is 24.7 Å². The van der Waals surface area contributed by atoms with Crippen LogP contribution in [0.3, 0.4) is 0 Å². The summed E-state index contributed by atoms with van der Waals surface area (Å²) in [5.74, 6) is 1.35. The Morgan fingerprint density at radius 2 is 1.90 bits per heavy atom. The molecule has 21 heavy (non-hydrogen) atoms. The summed E-state index contributed by atoms with van der Waals surface area (Å²) >= 11 is 12.9. The van der Waals surface area contributed by atoms with Crippen molar-refractivity contribution in [1.82, 2.24) is 0 Å². The van der Waals surface area contributed by atoms with E-state index >= 15 is 0 Å². The zero-order valence-corrected chi connectivity index (χ0v) is 14.0. The molecular weight excluding hydrogens is 311 g/mol. The number of benzene rings is 1. The molecule has 2 unspecified atom stereocenters. The lowest BCUT2D eigenvalue weighted by Gasteiger charge is -2.19. The lowest BCUT2D eigenvalue weighted by Crippen LogP contribution is -2.09. The van der Waals surface area contributed by atoms with Gasteiger partial charge in [0.15, 0.2) is 11.5 Å². The lowest BCUT2D eigenvalue weighted by atomic mass is 10.0. The summed E-state index contributed by atoms with van der Waals surface area (Å²) in [6.07, 6.45) is 3.16. The van der Waals surface area contributed by atoms with Crippen molar-refractivity contribution < 1.29 is 14.2 Å². The highest BCUT2D eigenvalue weighted by molar-refractivity contribution is 6.33. The number of alkyl halides is 1. The third-order valence-electron chi connectivity index (χ3n) is 3.49. The van der Waals surface area contributed by atoms with Crippen LogP contribution >= 0.6 is 23.2 Å². The molecule has 1 aliphatic heterocycles. The summed E-state index contributed by atoms with van der Waals surface area (Å²) in [4.78, 5) is 0. The average Bonchev–Trinajstić information content (AvgIpc) is 2.95. The van der Waals surface area contributed by atoms with Crippen LogP contribution in [0, 0.1) is 0 Å². The van der Waals surface area contributed by atoms with Gasteiger partial charge >= 0.3 is 0 Å². The minimum atomic E-state index is -0.185. The summed E-state index contributed by atoms with van der Waals surface area (Å²) in [6, 6.07) is 3.68. The Hall–Kier alpha value is -0.640. The summed E-state index contributed by atoms with van der Waals surface area (Å²) in [5.41, 5.74) is 0.876. The van der Waals surface area contributed by atoms with E-state index in [9.17, 15) is 0 Å². The Kier molecular flexibility index (Phi) is 6.46. The van der Waals surface area contributed by atoms with Crippen LogP contribution in [-0.2, 0) is 4.74 Å². The molecule has 1 aromatic carbocycles. The van der Waals surface area contributed by atoms with Crippen LogP contribution in [0.1, 0.15) is 44.1 Å². The summed E-state index contributed by atoms with van der Waals surface area (Å²) in [7, 11) is 0. The van der Waals surface area contributed by atoms with E-state index in [4.69, 9.17) is 37.4 Å². The Morgan fingerprint density at radius 1 is 1.24 bits per heavy atom. The third-order valence-corrected chi connectivity index (χ3v) is 4.23. The van der Waals surface area contributed by atoms with Gasteiger partial charge in [-0.15, -0.1) is 11.6 Å². The number of halogens is 2. The van der Waals surface area contributed by atoms with Gasteiger partial charge in [0.1, 0.15) is 0 Å². The molecular formula is C16H22Cl2O3. The van der Waals surface area contributed by atoms with Gasteiger partial charge in [-0.3, -0.25) is 0 Å². The molecule has 0 saturated carbocycles. The van der Waals surface area contributed by atoms with E-state index in [1.807, 2.05) is 19.9 Å². The smallest absolute Gasteiger partial charge is 0.162 e. The minimum Gasteiger partial charge on any atom is -0.490 e. The van der Waals surface area contributed by atoms with Crippen LogP contribution in [0.4, 0.5) is 0 Å². The van der Waals surface area contributed by atoms with Gasteiger partial charge < -0.3 is 14.2 Å². The van der Waals surface area contributed by atoms with Crippen molar-refractivity contribution in [1.29, 1.82) is 0 Å². The fourth-order valence-corrected chi connectivity index (χ4v) is 3.24. The maximum absolute atomic E-state index is 6.53. The fraction of sp³-hybridized carbons (Fsp3) is 0.625. The molecule has 2 rings (SSSR count). The minimum absolute atomic E-state index is 0.185. The Bertz CT molecular complexity index is 459. The molecule has 0 aromatic heterocycles. The number of hydrogen-bond acceptors (Lipinski definition) is 3. The summed E-state index contributed by atoms with van der Waals surface area (Å²) < 4.78 is 16.8. The standard InChI is InChI=1S/C16H22Cl2O3/c1-3-19-15-9-12(14(18)10-16(15)20-4-2)13(17)8-11-6-5-7-21-11/h9-11,13H,3-8H2,1-2H3. The van der Waals surface area contributed by atoms with Crippen molar-refractivity contribution in [3.63, 3.8) is 0 Å². The predicted molar refractivity (Wildman–Crippen MR) is 86.0 cm³/mol. The molecule has 3 nitrogen and oxygen atoms in total. The van der Waals surface area contributed by atoms with Crippen molar-refractivity contribution in [2.45, 2.75) is 44.6 Å². The first-order chi connectivity index (χ1) is 10.2. The molecule has 0 radical (unpaired) electrons. The van der Waals surface area contributed by atoms with E-state index in [0.717, 1.165) is 31.4 Å². The molecule has 2 atom stereocenters. The first-order valence-electron chi connectivity index (χ1n) is 7.50. The molecule has 5 heteroatoms. The highest BCUT2D eigenvalue weighted by Crippen LogP contribution is 2.40. The zero-order valence-electron chi connectivity index (χ0n) is 12.5. The average molecular weight is 333 g/mol. The van der Waals surface area contributed by atoms with Crippen LogP contribution in [0.15, 0.2) is 12.1 Å². The van der Waals surface area contributed by atoms with Gasteiger partial charge in [0.25, 0.3) is 0 Å². The monoisotopic (exact) mass is 332 g/mol. The molecule has 1 aliphatic rings. The highest BCUT2D eigenvalue weighted by Gasteiger charge is 2.23. The first kappa shape index (κ1) is 16.7. The first-order valence-corrected chi connectivity index (χ1v) is 8.31. The molecule has 1 fully saturated rings. The molecule has 0 bridgehead atoms. The summed E-state index contributed by atoms with van der Waals surface area (Å²) in [5, 5.41) is 0.426. The van der Waals surface area contributed by atoms with Crippen molar-refractivity contribution in [3.05, 3.63) is 22.7 Å². The van der Waals surface area contributed by atoms with Gasteiger partial charge in [-0.1, -0.05) is 11.6 Å². The van der Waals surface area contributed by atoms with Crippen molar-refractivity contribution in [2.24, 2.45) is 0 Å². The number of hydrogen-bond donors (Lipinski definition) is 0. The van der Waals surface area contributed by atoms with E-state index in [0.29, 0.717) is 29.7 Å². The fourth-order valence-electron chi connectivity index (χ4n) is 2.52. The number of ether oxygens (including phenoxy) is 3. The van der Waals surface area contributed by atoms with Gasteiger partial charge in [0.2, 0.25) is 0 Å². The zero-order chi connectivity index (χ0) is 15.2. The molecule has 0 N–H and O–H groups in total. The van der Waals surface area contributed by atoms with Crippen LogP contribution in [0.25, 0.3) is 0 Å². The van der Waals surface area contributed by atoms with Crippen LogP contribution < -0.4 is 9.47 Å². The van der Waals surface area contributed by atoms with Gasteiger partial charge in [-0.2, -0.15) is 0 Å². The molecule has 0 amide bonds. The quantitative estimate of drug-likeness (QED) is 0.658. The largest absolute Gasteiger partial charge is 0.490 e. The van der Waals surface area contributed by atoms with E-state index < -0.39 is 0 Å². The molecule has 0 spiro atoms. The molecule has 118 valence electrons. The third kappa shape index (κ3) is 4.41. The van der Waals surface area contributed by atoms with E-state index in [-0.39, 0.29) is 11.5 Å². The van der Waals surface area contributed by atoms with Crippen molar-refractivity contribution >= 4 is 23.2 Å². The van der Waals surface area contributed by atoms with E-state index in [2.05, 4.69) is 0 Å². The Morgan fingerprint density at radius 3 is 2.48 bits per heavy atom. The van der Waals surface area contributed by atoms with Crippen LogP contribution in [0.2, 0.25) is 5.02 Å². The maximum atomic E-state index is 6.53. The van der Waals surface area contributed by atoms with Crippen LogP contribution in [-0.4, -0.2) is 25.9 Å². The highest BCUT2D eigenvalue weighted by atomic mass is 35.5.